The van der Waals surface area contributed by atoms with E-state index in [1.54, 1.807) is 18.2 Å². The molecule has 0 unspecified atom stereocenters. The molecule has 49 heavy (non-hydrogen) atoms. The number of hydrogen-bond acceptors (Lipinski definition) is 4. The van der Waals surface area contributed by atoms with Gasteiger partial charge in [0.25, 0.3) is 0 Å². The third-order valence-electron chi connectivity index (χ3n) is 11.1. The Morgan fingerprint density at radius 2 is 1.49 bits per heavy atom. The Hall–Kier alpha value is -3.07. The highest BCUT2D eigenvalue weighted by Gasteiger charge is 2.51. The van der Waals surface area contributed by atoms with Gasteiger partial charge in [-0.1, -0.05) is 78.7 Å². The van der Waals surface area contributed by atoms with E-state index in [1.165, 1.54) is 49.0 Å². The van der Waals surface area contributed by atoms with Crippen molar-refractivity contribution in [3.8, 4) is 0 Å². The van der Waals surface area contributed by atoms with Gasteiger partial charge >= 0.3 is 0 Å². The molecule has 2 amide bonds. The average Bonchev–Trinajstić information content (AvgIpc) is 3.06. The van der Waals surface area contributed by atoms with Crippen LogP contribution in [0.1, 0.15) is 75.5 Å². The van der Waals surface area contributed by atoms with Crippen molar-refractivity contribution in [1.82, 2.24) is 10.2 Å². The van der Waals surface area contributed by atoms with Crippen LogP contribution in [-0.2, 0) is 38.0 Å². The summed E-state index contributed by atoms with van der Waals surface area (Å²) in [4.78, 5) is 29.9. The molecule has 0 saturated heterocycles. The van der Waals surface area contributed by atoms with Crippen molar-refractivity contribution in [3.05, 3.63) is 99.5 Å². The molecule has 0 spiro atoms. The molecule has 4 aliphatic rings. The fraction of sp³-hybridized carbons (Fsp3) is 0.487. The maximum absolute atomic E-state index is 14.5. The van der Waals surface area contributed by atoms with Gasteiger partial charge in [0.15, 0.2) is 0 Å². The van der Waals surface area contributed by atoms with Gasteiger partial charge in [-0.2, -0.15) is 0 Å². The highest BCUT2D eigenvalue weighted by atomic mass is 35.5. The first-order chi connectivity index (χ1) is 23.3. The van der Waals surface area contributed by atoms with E-state index in [2.05, 4.69) is 17.4 Å². The Morgan fingerprint density at radius 1 is 0.878 bits per heavy atom. The number of hydrogen-bond donors (Lipinski definition) is 1. The number of amides is 2. The zero-order valence-electron chi connectivity index (χ0n) is 28.6. The largest absolute Gasteiger partial charge is 0.352 e. The SMILES string of the molecule is CC[C@H](C)NC(=O)[C@H](Cc1ccccc1)N(Cc1ccc(Cl)c(Cl)c1)C(=O)CN(c1ccc(C23CC4CC(CC(C4)C2)C3)cc1)S(C)(=O)=O. The van der Waals surface area contributed by atoms with Crippen LogP contribution in [0.4, 0.5) is 5.69 Å². The van der Waals surface area contributed by atoms with Gasteiger partial charge in [0.1, 0.15) is 12.6 Å². The smallest absolute Gasteiger partial charge is 0.244 e. The minimum Gasteiger partial charge on any atom is -0.352 e. The van der Waals surface area contributed by atoms with Crippen LogP contribution in [0.3, 0.4) is 0 Å². The van der Waals surface area contributed by atoms with Gasteiger partial charge in [0.05, 0.1) is 22.0 Å². The molecule has 4 bridgehead atoms. The van der Waals surface area contributed by atoms with Gasteiger partial charge in [0.2, 0.25) is 21.8 Å². The second kappa shape index (κ2) is 14.7. The summed E-state index contributed by atoms with van der Waals surface area (Å²) in [6.45, 7) is 3.47. The molecule has 0 radical (unpaired) electrons. The molecule has 0 aliphatic heterocycles. The van der Waals surface area contributed by atoms with Crippen molar-refractivity contribution >= 4 is 50.7 Å². The monoisotopic (exact) mass is 723 g/mol. The molecule has 4 saturated carbocycles. The molecular weight excluding hydrogens is 677 g/mol. The van der Waals surface area contributed by atoms with Gasteiger partial charge in [-0.25, -0.2) is 8.42 Å². The van der Waals surface area contributed by atoms with Crippen LogP contribution in [0.2, 0.25) is 10.0 Å². The number of nitrogens with one attached hydrogen (secondary N) is 1. The number of anilines is 1. The third-order valence-corrected chi connectivity index (χ3v) is 13.0. The molecular formula is C39H47Cl2N3O4S. The van der Waals surface area contributed by atoms with Crippen LogP contribution in [0.25, 0.3) is 0 Å². The maximum Gasteiger partial charge on any atom is 0.244 e. The van der Waals surface area contributed by atoms with Crippen LogP contribution < -0.4 is 9.62 Å². The summed E-state index contributed by atoms with van der Waals surface area (Å²) >= 11 is 12.6. The third kappa shape index (κ3) is 8.13. The highest BCUT2D eigenvalue weighted by molar-refractivity contribution is 7.92. The van der Waals surface area contributed by atoms with E-state index in [-0.39, 0.29) is 30.3 Å². The summed E-state index contributed by atoms with van der Waals surface area (Å²) in [5.74, 6) is 1.57. The Labute approximate surface area is 301 Å². The number of halogens is 2. The van der Waals surface area contributed by atoms with E-state index in [1.807, 2.05) is 56.3 Å². The van der Waals surface area contributed by atoms with Crippen molar-refractivity contribution in [2.75, 3.05) is 17.1 Å². The Bertz CT molecular complexity index is 1730. The fourth-order valence-electron chi connectivity index (χ4n) is 8.89. The van der Waals surface area contributed by atoms with E-state index >= 15 is 0 Å². The number of nitrogens with zero attached hydrogens (tertiary/aromatic N) is 2. The first-order valence-corrected chi connectivity index (χ1v) is 20.1. The van der Waals surface area contributed by atoms with E-state index in [0.29, 0.717) is 27.7 Å². The molecule has 10 heteroatoms. The van der Waals surface area contributed by atoms with Gasteiger partial charge in [-0.15, -0.1) is 0 Å². The van der Waals surface area contributed by atoms with Crippen molar-refractivity contribution < 1.29 is 18.0 Å². The Kier molecular flexibility index (Phi) is 10.7. The number of carbonyl (C=O) groups is 2. The molecule has 4 fully saturated rings. The van der Waals surface area contributed by atoms with Crippen LogP contribution in [-0.4, -0.2) is 50.0 Å². The van der Waals surface area contributed by atoms with Crippen molar-refractivity contribution in [2.24, 2.45) is 17.8 Å². The number of benzene rings is 3. The Morgan fingerprint density at radius 3 is 2.04 bits per heavy atom. The zero-order valence-corrected chi connectivity index (χ0v) is 30.9. The minimum atomic E-state index is -3.87. The predicted molar refractivity (Wildman–Crippen MR) is 197 cm³/mol. The lowest BCUT2D eigenvalue weighted by Gasteiger charge is -2.57. The predicted octanol–water partition coefficient (Wildman–Crippen LogP) is 7.78. The van der Waals surface area contributed by atoms with E-state index < -0.39 is 28.5 Å². The molecule has 2 atom stereocenters. The lowest BCUT2D eigenvalue weighted by Crippen LogP contribution is -2.54. The molecule has 7 rings (SSSR count). The molecule has 3 aromatic carbocycles. The number of sulfonamides is 1. The van der Waals surface area contributed by atoms with Gasteiger partial charge in [-0.05, 0) is 116 Å². The quantitative estimate of drug-likeness (QED) is 0.195. The molecule has 262 valence electrons. The van der Waals surface area contributed by atoms with Gasteiger partial charge in [-0.3, -0.25) is 13.9 Å². The van der Waals surface area contributed by atoms with Gasteiger partial charge < -0.3 is 10.2 Å². The number of rotatable bonds is 13. The maximum atomic E-state index is 14.5. The lowest BCUT2D eigenvalue weighted by atomic mass is 9.48. The van der Waals surface area contributed by atoms with E-state index in [4.69, 9.17) is 23.2 Å². The molecule has 3 aromatic rings. The number of carbonyl (C=O) groups excluding carboxylic acids is 2. The van der Waals surface area contributed by atoms with Crippen LogP contribution >= 0.6 is 23.2 Å². The minimum absolute atomic E-state index is 0.0315. The summed E-state index contributed by atoms with van der Waals surface area (Å²) < 4.78 is 27.9. The first-order valence-electron chi connectivity index (χ1n) is 17.5. The second-order valence-corrected chi connectivity index (χ2v) is 17.5. The molecule has 0 heterocycles. The summed E-state index contributed by atoms with van der Waals surface area (Å²) in [5.41, 5.74) is 3.43. The topological polar surface area (TPSA) is 86.8 Å². The van der Waals surface area contributed by atoms with E-state index in [0.717, 1.165) is 33.9 Å². The molecule has 0 aromatic heterocycles. The first kappa shape index (κ1) is 35.7. The Balaban J connectivity index is 1.32. The molecule has 1 N–H and O–H groups in total. The normalized spacial score (nSPS) is 23.9. The van der Waals surface area contributed by atoms with Crippen LogP contribution in [0.15, 0.2) is 72.8 Å². The molecule has 4 aliphatic carbocycles. The summed E-state index contributed by atoms with van der Waals surface area (Å²) in [7, 11) is -3.87. The highest BCUT2D eigenvalue weighted by Crippen LogP contribution is 2.60. The van der Waals surface area contributed by atoms with Gasteiger partial charge in [0, 0.05) is 19.0 Å². The summed E-state index contributed by atoms with van der Waals surface area (Å²) in [6.07, 6.45) is 9.74. The van der Waals surface area contributed by atoms with Crippen LogP contribution in [0, 0.1) is 17.8 Å². The zero-order chi connectivity index (χ0) is 34.9. The fourth-order valence-corrected chi connectivity index (χ4v) is 10.1. The van der Waals surface area contributed by atoms with Crippen LogP contribution in [0.5, 0.6) is 0 Å². The summed E-state index contributed by atoms with van der Waals surface area (Å²) in [6, 6.07) is 21.4. The second-order valence-electron chi connectivity index (χ2n) is 14.8. The van der Waals surface area contributed by atoms with E-state index in [9.17, 15) is 18.0 Å². The molecule has 7 nitrogen and oxygen atoms in total. The van der Waals surface area contributed by atoms with Crippen molar-refractivity contribution in [2.45, 2.75) is 89.3 Å². The standard InChI is InChI=1S/C39H47Cl2N3O4S/c1-4-26(2)42-38(46)36(20-27-8-6-5-7-9-27)43(24-28-10-15-34(40)35(41)19-28)37(45)25-44(49(3,47)48)33-13-11-32(12-14-33)39-21-29-16-30(22-39)18-31(17-29)23-39/h5-15,19,26,29-31,36H,4,16-18,20-25H2,1-3H3,(H,42,46)/t26-,29?,30?,31?,36-,39?/m0/s1. The van der Waals surface area contributed by atoms with Crippen molar-refractivity contribution in [1.29, 1.82) is 0 Å². The summed E-state index contributed by atoms with van der Waals surface area (Å²) in [5, 5.41) is 3.76. The van der Waals surface area contributed by atoms with Crippen molar-refractivity contribution in [3.63, 3.8) is 0 Å². The average molecular weight is 725 g/mol. The lowest BCUT2D eigenvalue weighted by molar-refractivity contribution is -0.140.